The summed E-state index contributed by atoms with van der Waals surface area (Å²) in [4.78, 5) is 0. The molecule has 48 valence electrons. The molecule has 0 amide bonds. The summed E-state index contributed by atoms with van der Waals surface area (Å²) in [6.07, 6.45) is 0. The first kappa shape index (κ1) is 10.5. The summed E-state index contributed by atoms with van der Waals surface area (Å²) in [5, 5.41) is 0. The minimum absolute atomic E-state index is 0. The van der Waals surface area contributed by atoms with Crippen molar-refractivity contribution in [1.29, 1.82) is 0 Å². The first-order valence-electron chi connectivity index (χ1n) is 2.50. The van der Waals surface area contributed by atoms with Crippen molar-refractivity contribution in [2.45, 2.75) is 35.1 Å². The Morgan fingerprint density at radius 2 is 1.50 bits per heavy atom. The van der Waals surface area contributed by atoms with Gasteiger partial charge < -0.3 is 0 Å². The Morgan fingerprint density at radius 1 is 1.12 bits per heavy atom. The van der Waals surface area contributed by atoms with E-state index in [1.165, 1.54) is 0 Å². The van der Waals surface area contributed by atoms with Crippen molar-refractivity contribution in [3.05, 3.63) is 0 Å². The van der Waals surface area contributed by atoms with Crippen molar-refractivity contribution in [2.75, 3.05) is 0 Å². The highest BCUT2D eigenvalue weighted by Gasteiger charge is 2.01. The van der Waals surface area contributed by atoms with Crippen molar-refractivity contribution in [1.82, 2.24) is 0 Å². The molecule has 0 heterocycles. The fourth-order valence-electron chi connectivity index (χ4n) is 0.375. The SMILES string of the molecule is C.CC#CC(C)(C)C. The Kier molecular flexibility index (Phi) is 4.67. The average molecular weight is 112 g/mol. The molecule has 0 atom stereocenters. The number of hydrogen-bond acceptors (Lipinski definition) is 0. The third-order valence-electron chi connectivity index (χ3n) is 0.500. The van der Waals surface area contributed by atoms with Gasteiger partial charge in [-0.15, -0.1) is 5.92 Å². The Balaban J connectivity index is 0. The van der Waals surface area contributed by atoms with E-state index in [1.807, 2.05) is 6.92 Å². The van der Waals surface area contributed by atoms with E-state index in [9.17, 15) is 0 Å². The number of hydrogen-bond donors (Lipinski definition) is 0. The summed E-state index contributed by atoms with van der Waals surface area (Å²) in [5.74, 6) is 5.89. The van der Waals surface area contributed by atoms with Crippen LogP contribution in [0.1, 0.15) is 35.1 Å². The standard InChI is InChI=1S/C7H12.CH4/c1-5-6-7(2,3)4;/h1-4H3;1H4. The number of rotatable bonds is 0. The largest absolute Gasteiger partial charge is 0.106 e. The normalized spacial score (nSPS) is 8.50. The molecule has 0 aromatic rings. The van der Waals surface area contributed by atoms with Gasteiger partial charge in [0.05, 0.1) is 0 Å². The van der Waals surface area contributed by atoms with E-state index in [0.717, 1.165) is 0 Å². The van der Waals surface area contributed by atoms with Crippen molar-refractivity contribution < 1.29 is 0 Å². The van der Waals surface area contributed by atoms with Crippen LogP contribution in [-0.4, -0.2) is 0 Å². The highest BCUT2D eigenvalue weighted by Crippen LogP contribution is 2.09. The molecule has 0 aliphatic heterocycles. The topological polar surface area (TPSA) is 0 Å². The second kappa shape index (κ2) is 3.55. The van der Waals surface area contributed by atoms with E-state index in [1.54, 1.807) is 0 Å². The van der Waals surface area contributed by atoms with Gasteiger partial charge in [-0.05, 0) is 27.7 Å². The summed E-state index contributed by atoms with van der Waals surface area (Å²) in [6, 6.07) is 0. The maximum Gasteiger partial charge on any atom is 0.0230 e. The zero-order valence-corrected chi connectivity index (χ0v) is 5.50. The highest BCUT2D eigenvalue weighted by atomic mass is 14.0. The summed E-state index contributed by atoms with van der Waals surface area (Å²) >= 11 is 0. The quantitative estimate of drug-likeness (QED) is 0.423. The van der Waals surface area contributed by atoms with Gasteiger partial charge in [0.15, 0.2) is 0 Å². The average Bonchev–Trinajstić information content (AvgIpc) is 1.30. The minimum atomic E-state index is 0. The Morgan fingerprint density at radius 3 is 1.50 bits per heavy atom. The van der Waals surface area contributed by atoms with Gasteiger partial charge in [-0.25, -0.2) is 0 Å². The Bertz CT molecular complexity index is 93.4. The summed E-state index contributed by atoms with van der Waals surface area (Å²) in [5.41, 5.74) is 0.189. The van der Waals surface area contributed by atoms with Gasteiger partial charge in [-0.3, -0.25) is 0 Å². The maximum absolute atomic E-state index is 3.03. The molecule has 0 nitrogen and oxygen atoms in total. The molecule has 0 saturated carbocycles. The van der Waals surface area contributed by atoms with Gasteiger partial charge >= 0.3 is 0 Å². The second-order valence-electron chi connectivity index (χ2n) is 2.62. The second-order valence-corrected chi connectivity index (χ2v) is 2.62. The van der Waals surface area contributed by atoms with Crippen LogP contribution in [0.25, 0.3) is 0 Å². The van der Waals surface area contributed by atoms with Crippen molar-refractivity contribution in [3.8, 4) is 11.8 Å². The van der Waals surface area contributed by atoms with Crippen LogP contribution in [0.2, 0.25) is 0 Å². The molecule has 0 aromatic heterocycles. The van der Waals surface area contributed by atoms with Crippen molar-refractivity contribution in [3.63, 3.8) is 0 Å². The lowest BCUT2D eigenvalue weighted by molar-refractivity contribution is 0.571. The maximum atomic E-state index is 3.03. The lowest BCUT2D eigenvalue weighted by atomic mass is 9.98. The third kappa shape index (κ3) is 9.12. The molecule has 0 heteroatoms. The van der Waals surface area contributed by atoms with Gasteiger partial charge in [-0.2, -0.15) is 0 Å². The monoisotopic (exact) mass is 112 g/mol. The van der Waals surface area contributed by atoms with Gasteiger partial charge in [-0.1, -0.05) is 13.3 Å². The molecule has 0 fully saturated rings. The Hall–Kier alpha value is -0.440. The zero-order valence-electron chi connectivity index (χ0n) is 5.50. The van der Waals surface area contributed by atoms with Crippen LogP contribution in [0, 0.1) is 17.3 Å². The molecule has 0 saturated heterocycles. The van der Waals surface area contributed by atoms with Gasteiger partial charge in [0.25, 0.3) is 0 Å². The van der Waals surface area contributed by atoms with E-state index >= 15 is 0 Å². The molecular formula is C8H16. The smallest absolute Gasteiger partial charge is 0.0230 e. The first-order valence-corrected chi connectivity index (χ1v) is 2.50. The molecular weight excluding hydrogens is 96.1 g/mol. The van der Waals surface area contributed by atoms with Crippen LogP contribution >= 0.6 is 0 Å². The van der Waals surface area contributed by atoms with Crippen LogP contribution in [0.5, 0.6) is 0 Å². The molecule has 0 unspecified atom stereocenters. The van der Waals surface area contributed by atoms with Crippen LogP contribution < -0.4 is 0 Å². The van der Waals surface area contributed by atoms with E-state index < -0.39 is 0 Å². The zero-order chi connectivity index (χ0) is 5.91. The lowest BCUT2D eigenvalue weighted by Crippen LogP contribution is -1.98. The third-order valence-corrected chi connectivity index (χ3v) is 0.500. The van der Waals surface area contributed by atoms with Gasteiger partial charge in [0.2, 0.25) is 0 Å². The van der Waals surface area contributed by atoms with E-state index in [0.29, 0.717) is 0 Å². The predicted molar refractivity (Wildman–Crippen MR) is 39.6 cm³/mol. The highest BCUT2D eigenvalue weighted by molar-refractivity contribution is 5.04. The molecule has 0 aromatic carbocycles. The van der Waals surface area contributed by atoms with Crippen LogP contribution in [0.3, 0.4) is 0 Å². The Labute approximate surface area is 53.3 Å². The van der Waals surface area contributed by atoms with Gasteiger partial charge in [0, 0.05) is 5.41 Å². The fraction of sp³-hybridized carbons (Fsp3) is 0.750. The molecule has 0 radical (unpaired) electrons. The van der Waals surface area contributed by atoms with Crippen molar-refractivity contribution in [2.24, 2.45) is 5.41 Å². The molecule has 0 N–H and O–H groups in total. The van der Waals surface area contributed by atoms with Crippen molar-refractivity contribution >= 4 is 0 Å². The van der Waals surface area contributed by atoms with E-state index in [-0.39, 0.29) is 12.8 Å². The molecule has 0 aliphatic carbocycles. The molecule has 0 bridgehead atoms. The molecule has 0 aliphatic rings. The molecule has 0 rings (SSSR count). The fourth-order valence-corrected chi connectivity index (χ4v) is 0.375. The minimum Gasteiger partial charge on any atom is -0.106 e. The summed E-state index contributed by atoms with van der Waals surface area (Å²) in [6.45, 7) is 8.17. The summed E-state index contributed by atoms with van der Waals surface area (Å²) in [7, 11) is 0. The van der Waals surface area contributed by atoms with Crippen LogP contribution in [-0.2, 0) is 0 Å². The lowest BCUT2D eigenvalue weighted by Gasteiger charge is -2.05. The summed E-state index contributed by atoms with van der Waals surface area (Å²) < 4.78 is 0. The van der Waals surface area contributed by atoms with Crippen LogP contribution in [0.15, 0.2) is 0 Å². The van der Waals surface area contributed by atoms with Gasteiger partial charge in [0.1, 0.15) is 0 Å². The molecule has 0 spiro atoms. The van der Waals surface area contributed by atoms with E-state index in [4.69, 9.17) is 0 Å². The van der Waals surface area contributed by atoms with E-state index in [2.05, 4.69) is 32.6 Å². The predicted octanol–water partition coefficient (Wildman–Crippen LogP) is 2.69. The first-order chi connectivity index (χ1) is 3.06. The molecule has 8 heavy (non-hydrogen) atoms. The van der Waals surface area contributed by atoms with Crippen LogP contribution in [0.4, 0.5) is 0 Å².